The molecule has 2 N–H and O–H groups in total. The van der Waals surface area contributed by atoms with Crippen LogP contribution in [0.25, 0.3) is 0 Å². The third-order valence-corrected chi connectivity index (χ3v) is 2.26. The monoisotopic (exact) mass is 232 g/mol. The van der Waals surface area contributed by atoms with E-state index in [1.54, 1.807) is 0 Å². The molecule has 1 aromatic rings. The molecule has 0 saturated carbocycles. The lowest BCUT2D eigenvalue weighted by atomic mass is 10.2. The van der Waals surface area contributed by atoms with Crippen molar-refractivity contribution in [2.24, 2.45) is 0 Å². The zero-order valence-corrected chi connectivity index (χ0v) is 9.26. The summed E-state index contributed by atoms with van der Waals surface area (Å²) < 4.78 is 13.2. The van der Waals surface area contributed by atoms with Gasteiger partial charge in [-0.2, -0.15) is 0 Å². The van der Waals surface area contributed by atoms with Gasteiger partial charge in [0.05, 0.1) is 11.1 Å². The van der Waals surface area contributed by atoms with E-state index in [0.29, 0.717) is 19.4 Å². The Kier molecular flexibility index (Phi) is 4.78. The number of hydrogen-bond donors (Lipinski definition) is 2. The minimum atomic E-state index is -0.478. The molecule has 0 aliphatic heterocycles. The van der Waals surface area contributed by atoms with Crippen LogP contribution in [0.1, 0.15) is 19.8 Å². The van der Waals surface area contributed by atoms with Gasteiger partial charge in [0.25, 0.3) is 0 Å². The Balaban J connectivity index is 2.44. The predicted molar refractivity (Wildman–Crippen MR) is 58.6 cm³/mol. The molecule has 0 aliphatic rings. The zero-order chi connectivity index (χ0) is 11.3. The summed E-state index contributed by atoms with van der Waals surface area (Å²) in [7, 11) is 0. The van der Waals surface area contributed by atoms with Gasteiger partial charge >= 0.3 is 0 Å². The highest BCUT2D eigenvalue weighted by atomic mass is 35.5. The van der Waals surface area contributed by atoms with Crippen LogP contribution in [0, 0.1) is 5.82 Å². The normalized spacial score (nSPS) is 12.5. The van der Waals surface area contributed by atoms with Crippen molar-refractivity contribution in [1.82, 2.24) is 4.98 Å². The summed E-state index contributed by atoms with van der Waals surface area (Å²) >= 11 is 5.55. The fraction of sp³-hybridized carbons (Fsp3) is 0.500. The van der Waals surface area contributed by atoms with Crippen molar-refractivity contribution < 1.29 is 9.50 Å². The molecule has 0 saturated heterocycles. The Labute approximate surface area is 93.3 Å². The van der Waals surface area contributed by atoms with Crippen molar-refractivity contribution in [3.05, 3.63) is 23.1 Å². The Hall–Kier alpha value is -0.870. The maximum atomic E-state index is 13.2. The van der Waals surface area contributed by atoms with Gasteiger partial charge in [0, 0.05) is 12.7 Å². The largest absolute Gasteiger partial charge is 0.393 e. The zero-order valence-electron chi connectivity index (χ0n) is 8.50. The molecule has 0 aliphatic carbocycles. The summed E-state index contributed by atoms with van der Waals surface area (Å²) in [6.45, 7) is 2.38. The SMILES string of the molecule is CCC(O)CCNc1ncc(Cl)cc1F. The molecule has 5 heteroatoms. The van der Waals surface area contributed by atoms with Crippen LogP contribution in [0.3, 0.4) is 0 Å². The third-order valence-electron chi connectivity index (χ3n) is 2.05. The minimum Gasteiger partial charge on any atom is -0.393 e. The highest BCUT2D eigenvalue weighted by molar-refractivity contribution is 6.30. The van der Waals surface area contributed by atoms with Crippen LogP contribution in [-0.2, 0) is 0 Å². The predicted octanol–water partition coefficient (Wildman–Crippen LogP) is 2.45. The standard InChI is InChI=1S/C10H14ClFN2O/c1-2-8(15)3-4-13-10-9(12)5-7(11)6-14-10/h5-6,8,15H,2-4H2,1H3,(H,13,14). The molecule has 1 unspecified atom stereocenters. The van der Waals surface area contributed by atoms with E-state index in [-0.39, 0.29) is 16.9 Å². The van der Waals surface area contributed by atoms with Crippen LogP contribution in [-0.4, -0.2) is 22.7 Å². The molecule has 0 spiro atoms. The first kappa shape index (κ1) is 12.2. The summed E-state index contributed by atoms with van der Waals surface area (Å²) in [6, 6.07) is 1.20. The molecule has 1 rings (SSSR count). The van der Waals surface area contributed by atoms with Crippen LogP contribution in [0.2, 0.25) is 5.02 Å². The van der Waals surface area contributed by atoms with E-state index in [4.69, 9.17) is 11.6 Å². The van der Waals surface area contributed by atoms with E-state index >= 15 is 0 Å². The number of pyridine rings is 1. The van der Waals surface area contributed by atoms with Gasteiger partial charge in [-0.15, -0.1) is 0 Å². The van der Waals surface area contributed by atoms with Crippen LogP contribution in [0.5, 0.6) is 0 Å². The van der Waals surface area contributed by atoms with Gasteiger partial charge in [0.2, 0.25) is 0 Å². The molecule has 0 amide bonds. The van der Waals surface area contributed by atoms with Gasteiger partial charge in [0.15, 0.2) is 11.6 Å². The topological polar surface area (TPSA) is 45.1 Å². The lowest BCUT2D eigenvalue weighted by molar-refractivity contribution is 0.164. The number of anilines is 1. The number of nitrogens with one attached hydrogen (secondary N) is 1. The van der Waals surface area contributed by atoms with Crippen molar-refractivity contribution in [2.75, 3.05) is 11.9 Å². The van der Waals surface area contributed by atoms with E-state index < -0.39 is 5.82 Å². The summed E-state index contributed by atoms with van der Waals surface area (Å²) in [5, 5.41) is 12.3. The Morgan fingerprint density at radius 3 is 3.00 bits per heavy atom. The van der Waals surface area contributed by atoms with Crippen LogP contribution in [0.4, 0.5) is 10.2 Å². The second kappa shape index (κ2) is 5.88. The summed E-state index contributed by atoms with van der Waals surface area (Å²) in [6.07, 6.45) is 2.29. The Bertz CT molecular complexity index is 322. The summed E-state index contributed by atoms with van der Waals surface area (Å²) in [5.74, 6) is -0.309. The first-order valence-electron chi connectivity index (χ1n) is 4.86. The van der Waals surface area contributed by atoms with Gasteiger partial charge in [-0.05, 0) is 18.9 Å². The number of hydrogen-bond acceptors (Lipinski definition) is 3. The number of aliphatic hydroxyl groups is 1. The van der Waals surface area contributed by atoms with Crippen LogP contribution >= 0.6 is 11.6 Å². The fourth-order valence-corrected chi connectivity index (χ4v) is 1.25. The molecular weight excluding hydrogens is 219 g/mol. The van der Waals surface area contributed by atoms with E-state index in [1.165, 1.54) is 12.3 Å². The van der Waals surface area contributed by atoms with E-state index in [2.05, 4.69) is 10.3 Å². The number of halogens is 2. The highest BCUT2D eigenvalue weighted by Gasteiger charge is 2.05. The molecule has 15 heavy (non-hydrogen) atoms. The van der Waals surface area contributed by atoms with Crippen molar-refractivity contribution in [3.8, 4) is 0 Å². The first-order valence-corrected chi connectivity index (χ1v) is 5.24. The van der Waals surface area contributed by atoms with Gasteiger partial charge in [0.1, 0.15) is 0 Å². The van der Waals surface area contributed by atoms with Crippen LogP contribution < -0.4 is 5.32 Å². The molecular formula is C10H14ClFN2O. The van der Waals surface area contributed by atoms with Gasteiger partial charge < -0.3 is 10.4 Å². The van der Waals surface area contributed by atoms with Gasteiger partial charge in [-0.1, -0.05) is 18.5 Å². The number of aliphatic hydroxyl groups excluding tert-OH is 1. The minimum absolute atomic E-state index is 0.169. The Morgan fingerprint density at radius 1 is 1.67 bits per heavy atom. The molecule has 0 radical (unpaired) electrons. The van der Waals surface area contributed by atoms with Crippen molar-refractivity contribution in [1.29, 1.82) is 0 Å². The molecule has 1 aromatic heterocycles. The average Bonchev–Trinajstić information content (AvgIpc) is 2.21. The molecule has 84 valence electrons. The van der Waals surface area contributed by atoms with Crippen LogP contribution in [0.15, 0.2) is 12.3 Å². The van der Waals surface area contributed by atoms with E-state index in [0.717, 1.165) is 0 Å². The third kappa shape index (κ3) is 4.01. The summed E-state index contributed by atoms with van der Waals surface area (Å²) in [5.41, 5.74) is 0. The number of rotatable bonds is 5. The molecule has 0 fully saturated rings. The van der Waals surface area contributed by atoms with Gasteiger partial charge in [-0.3, -0.25) is 0 Å². The van der Waals surface area contributed by atoms with E-state index in [9.17, 15) is 9.50 Å². The highest BCUT2D eigenvalue weighted by Crippen LogP contribution is 2.15. The lowest BCUT2D eigenvalue weighted by Crippen LogP contribution is -2.13. The lowest BCUT2D eigenvalue weighted by Gasteiger charge is -2.09. The quantitative estimate of drug-likeness (QED) is 0.820. The molecule has 3 nitrogen and oxygen atoms in total. The number of nitrogens with zero attached hydrogens (tertiary/aromatic N) is 1. The van der Waals surface area contributed by atoms with Gasteiger partial charge in [-0.25, -0.2) is 9.37 Å². The maximum absolute atomic E-state index is 13.2. The smallest absolute Gasteiger partial charge is 0.166 e. The average molecular weight is 233 g/mol. The summed E-state index contributed by atoms with van der Waals surface area (Å²) in [4.78, 5) is 3.80. The number of aromatic nitrogens is 1. The van der Waals surface area contributed by atoms with Crippen molar-refractivity contribution in [3.63, 3.8) is 0 Å². The second-order valence-electron chi connectivity index (χ2n) is 3.26. The maximum Gasteiger partial charge on any atom is 0.166 e. The Morgan fingerprint density at radius 2 is 2.40 bits per heavy atom. The second-order valence-corrected chi connectivity index (χ2v) is 3.70. The van der Waals surface area contributed by atoms with Crippen molar-refractivity contribution >= 4 is 17.4 Å². The molecule has 0 aromatic carbocycles. The van der Waals surface area contributed by atoms with Crippen molar-refractivity contribution in [2.45, 2.75) is 25.9 Å². The van der Waals surface area contributed by atoms with E-state index in [1.807, 2.05) is 6.92 Å². The fourth-order valence-electron chi connectivity index (χ4n) is 1.11. The molecule has 1 heterocycles. The first-order chi connectivity index (χ1) is 7.13. The molecule has 1 atom stereocenters. The molecule has 0 bridgehead atoms.